The van der Waals surface area contributed by atoms with E-state index in [1.165, 1.54) is 4.90 Å². The number of anilines is 1. The quantitative estimate of drug-likeness (QED) is 0.908. The van der Waals surface area contributed by atoms with Crippen molar-refractivity contribution in [3.63, 3.8) is 0 Å². The standard InChI is InChI=1S/C16H20N2O3/c1-2-11-7-8-17(10-11)16(21)18-13-6-4-3-5-12(13)9-14(18)15(19)20/h3-6,11,14H,2,7-10H2,1H3,(H,19,20). The van der Waals surface area contributed by atoms with Crippen molar-refractivity contribution in [2.75, 3.05) is 18.0 Å². The van der Waals surface area contributed by atoms with E-state index < -0.39 is 12.0 Å². The van der Waals surface area contributed by atoms with Crippen LogP contribution in [0, 0.1) is 5.92 Å². The molecule has 3 rings (SSSR count). The number of urea groups is 1. The van der Waals surface area contributed by atoms with Crippen LogP contribution in [-0.4, -0.2) is 41.1 Å². The molecule has 0 spiro atoms. The normalized spacial score (nSPS) is 24.2. The molecule has 0 bridgehead atoms. The van der Waals surface area contributed by atoms with E-state index in [4.69, 9.17) is 0 Å². The van der Waals surface area contributed by atoms with Crippen molar-refractivity contribution in [1.82, 2.24) is 4.90 Å². The van der Waals surface area contributed by atoms with Gasteiger partial charge in [0.1, 0.15) is 6.04 Å². The van der Waals surface area contributed by atoms with E-state index in [9.17, 15) is 14.7 Å². The molecule has 2 aliphatic heterocycles. The van der Waals surface area contributed by atoms with Gasteiger partial charge < -0.3 is 10.0 Å². The maximum Gasteiger partial charge on any atom is 0.327 e. The van der Waals surface area contributed by atoms with E-state index in [1.807, 2.05) is 24.3 Å². The molecule has 1 fully saturated rings. The predicted molar refractivity (Wildman–Crippen MR) is 79.4 cm³/mol. The van der Waals surface area contributed by atoms with Gasteiger partial charge in [0.15, 0.2) is 0 Å². The molecular weight excluding hydrogens is 268 g/mol. The molecule has 5 nitrogen and oxygen atoms in total. The third-order valence-corrected chi connectivity index (χ3v) is 4.60. The summed E-state index contributed by atoms with van der Waals surface area (Å²) in [5.41, 5.74) is 1.68. The number of amides is 2. The summed E-state index contributed by atoms with van der Waals surface area (Å²) in [6, 6.07) is 6.52. The van der Waals surface area contributed by atoms with Gasteiger partial charge in [0, 0.05) is 25.2 Å². The number of nitrogens with zero attached hydrogens (tertiary/aromatic N) is 2. The molecule has 5 heteroatoms. The second kappa shape index (κ2) is 5.39. The first-order chi connectivity index (χ1) is 10.1. The molecule has 1 aromatic rings. The number of aliphatic carboxylic acids is 1. The molecule has 2 heterocycles. The lowest BCUT2D eigenvalue weighted by Gasteiger charge is -2.28. The third kappa shape index (κ3) is 2.37. The fourth-order valence-corrected chi connectivity index (χ4v) is 3.31. The van der Waals surface area contributed by atoms with Gasteiger partial charge in [-0.3, -0.25) is 4.90 Å². The number of hydrogen-bond donors (Lipinski definition) is 1. The van der Waals surface area contributed by atoms with Gasteiger partial charge in [0.05, 0.1) is 0 Å². The van der Waals surface area contributed by atoms with Crippen molar-refractivity contribution in [2.24, 2.45) is 5.92 Å². The van der Waals surface area contributed by atoms with Crippen LogP contribution >= 0.6 is 0 Å². The smallest absolute Gasteiger partial charge is 0.327 e. The lowest BCUT2D eigenvalue weighted by atomic mass is 10.1. The Labute approximate surface area is 124 Å². The number of benzene rings is 1. The highest BCUT2D eigenvalue weighted by atomic mass is 16.4. The van der Waals surface area contributed by atoms with Crippen LogP contribution in [0.3, 0.4) is 0 Å². The molecule has 2 unspecified atom stereocenters. The second-order valence-electron chi connectivity index (χ2n) is 5.85. The SMILES string of the molecule is CCC1CCN(C(=O)N2c3ccccc3CC2C(=O)O)C1. The number of carboxylic acid groups (broad SMARTS) is 1. The first kappa shape index (κ1) is 13.9. The zero-order valence-electron chi connectivity index (χ0n) is 12.2. The molecule has 2 aliphatic rings. The summed E-state index contributed by atoms with van der Waals surface area (Å²) in [5.74, 6) is -0.402. The Hall–Kier alpha value is -2.04. The van der Waals surface area contributed by atoms with Gasteiger partial charge in [-0.1, -0.05) is 31.5 Å². The number of carbonyl (C=O) groups is 2. The topological polar surface area (TPSA) is 60.9 Å². The van der Waals surface area contributed by atoms with E-state index in [1.54, 1.807) is 4.90 Å². The van der Waals surface area contributed by atoms with Crippen molar-refractivity contribution in [3.05, 3.63) is 29.8 Å². The monoisotopic (exact) mass is 288 g/mol. The van der Waals surface area contributed by atoms with Gasteiger partial charge in [-0.2, -0.15) is 0 Å². The van der Waals surface area contributed by atoms with Gasteiger partial charge >= 0.3 is 12.0 Å². The highest BCUT2D eigenvalue weighted by Gasteiger charge is 2.41. The molecule has 1 saturated heterocycles. The Morgan fingerprint density at radius 2 is 2.10 bits per heavy atom. The maximum atomic E-state index is 12.8. The molecule has 2 amide bonds. The molecule has 0 radical (unpaired) electrons. The first-order valence-corrected chi connectivity index (χ1v) is 7.50. The van der Waals surface area contributed by atoms with Crippen molar-refractivity contribution in [1.29, 1.82) is 0 Å². The van der Waals surface area contributed by atoms with Crippen molar-refractivity contribution in [3.8, 4) is 0 Å². The van der Waals surface area contributed by atoms with Crippen LogP contribution in [-0.2, 0) is 11.2 Å². The number of carboxylic acids is 1. The average molecular weight is 288 g/mol. The fraction of sp³-hybridized carbons (Fsp3) is 0.500. The molecule has 0 saturated carbocycles. The molecule has 0 aromatic heterocycles. The average Bonchev–Trinajstić information content (AvgIpc) is 3.11. The van der Waals surface area contributed by atoms with Crippen LogP contribution < -0.4 is 4.90 Å². The minimum Gasteiger partial charge on any atom is -0.480 e. The van der Waals surface area contributed by atoms with Crippen LogP contribution in [0.15, 0.2) is 24.3 Å². The first-order valence-electron chi connectivity index (χ1n) is 7.50. The molecule has 21 heavy (non-hydrogen) atoms. The lowest BCUT2D eigenvalue weighted by Crippen LogP contribution is -2.49. The van der Waals surface area contributed by atoms with E-state index in [0.717, 1.165) is 37.2 Å². The number of para-hydroxylation sites is 1. The zero-order chi connectivity index (χ0) is 15.0. The zero-order valence-corrected chi connectivity index (χ0v) is 12.2. The number of likely N-dealkylation sites (tertiary alicyclic amines) is 1. The predicted octanol–water partition coefficient (Wildman–Crippen LogP) is 2.35. The second-order valence-corrected chi connectivity index (χ2v) is 5.85. The number of rotatable bonds is 2. The maximum absolute atomic E-state index is 12.8. The van der Waals surface area contributed by atoms with Crippen LogP contribution in [0.2, 0.25) is 0 Å². The van der Waals surface area contributed by atoms with Crippen molar-refractivity contribution in [2.45, 2.75) is 32.2 Å². The molecular formula is C16H20N2O3. The van der Waals surface area contributed by atoms with Gasteiger partial charge in [-0.25, -0.2) is 9.59 Å². The number of hydrogen-bond acceptors (Lipinski definition) is 2. The van der Waals surface area contributed by atoms with E-state index in [0.29, 0.717) is 12.3 Å². The molecule has 2 atom stereocenters. The van der Waals surface area contributed by atoms with Gasteiger partial charge in [0.25, 0.3) is 0 Å². The molecule has 112 valence electrons. The summed E-state index contributed by atoms with van der Waals surface area (Å²) in [6.45, 7) is 3.59. The summed E-state index contributed by atoms with van der Waals surface area (Å²) in [5, 5.41) is 9.43. The summed E-state index contributed by atoms with van der Waals surface area (Å²) >= 11 is 0. The van der Waals surface area contributed by atoms with Crippen LogP contribution in [0.1, 0.15) is 25.3 Å². The minimum atomic E-state index is -0.939. The molecule has 1 N–H and O–H groups in total. The Kier molecular flexibility index (Phi) is 3.57. The van der Waals surface area contributed by atoms with Crippen LogP contribution in [0.4, 0.5) is 10.5 Å². The van der Waals surface area contributed by atoms with Crippen molar-refractivity contribution < 1.29 is 14.7 Å². The Bertz CT molecular complexity index is 572. The minimum absolute atomic E-state index is 0.164. The Balaban J connectivity index is 1.87. The van der Waals surface area contributed by atoms with Crippen LogP contribution in [0.25, 0.3) is 0 Å². The Morgan fingerprint density at radius 3 is 2.76 bits per heavy atom. The van der Waals surface area contributed by atoms with Crippen molar-refractivity contribution >= 4 is 17.7 Å². The van der Waals surface area contributed by atoms with Gasteiger partial charge in [0.2, 0.25) is 0 Å². The summed E-state index contributed by atoms with van der Waals surface area (Å²) < 4.78 is 0. The molecule has 1 aromatic carbocycles. The highest BCUT2D eigenvalue weighted by Crippen LogP contribution is 2.34. The summed E-state index contributed by atoms with van der Waals surface area (Å²) in [6.07, 6.45) is 2.46. The van der Waals surface area contributed by atoms with Crippen LogP contribution in [0.5, 0.6) is 0 Å². The molecule has 0 aliphatic carbocycles. The number of fused-ring (bicyclic) bond motifs is 1. The summed E-state index contributed by atoms with van der Waals surface area (Å²) in [7, 11) is 0. The van der Waals surface area contributed by atoms with E-state index in [2.05, 4.69) is 6.92 Å². The largest absolute Gasteiger partial charge is 0.480 e. The van der Waals surface area contributed by atoms with E-state index >= 15 is 0 Å². The number of carbonyl (C=O) groups excluding carboxylic acids is 1. The van der Waals surface area contributed by atoms with E-state index in [-0.39, 0.29) is 6.03 Å². The van der Waals surface area contributed by atoms with Gasteiger partial charge in [-0.05, 0) is 24.0 Å². The summed E-state index contributed by atoms with van der Waals surface area (Å²) in [4.78, 5) is 27.5. The lowest BCUT2D eigenvalue weighted by molar-refractivity contribution is -0.138. The fourth-order valence-electron chi connectivity index (χ4n) is 3.31. The van der Waals surface area contributed by atoms with Gasteiger partial charge in [-0.15, -0.1) is 0 Å². The highest BCUT2D eigenvalue weighted by molar-refractivity contribution is 6.01. The third-order valence-electron chi connectivity index (χ3n) is 4.60. The Morgan fingerprint density at radius 1 is 1.33 bits per heavy atom.